The van der Waals surface area contributed by atoms with Crippen molar-refractivity contribution in [2.24, 2.45) is 0 Å². The van der Waals surface area contributed by atoms with E-state index in [1.54, 1.807) is 5.38 Å². The van der Waals surface area contributed by atoms with Crippen molar-refractivity contribution in [3.63, 3.8) is 0 Å². The highest BCUT2D eigenvalue weighted by molar-refractivity contribution is 7.14. The molecule has 0 unspecified atom stereocenters. The molecule has 0 aliphatic carbocycles. The number of carbonyl (C=O) groups is 1. The molecule has 0 radical (unpaired) electrons. The fraction of sp³-hybridized carbons (Fsp3) is 0.200. The summed E-state index contributed by atoms with van der Waals surface area (Å²) in [7, 11) is 0. The van der Waals surface area contributed by atoms with Crippen molar-refractivity contribution < 1.29 is 18.8 Å². The SMILES string of the molecule is CCc1ccccc1N(C(C)=O)c1nc(COc2cc(F)ccc2[N+](=O)[O-])cs1. The minimum Gasteiger partial charge on any atom is -0.480 e. The van der Waals surface area contributed by atoms with Crippen LogP contribution >= 0.6 is 11.3 Å². The Morgan fingerprint density at radius 3 is 2.76 bits per heavy atom. The largest absolute Gasteiger partial charge is 0.480 e. The molecule has 0 saturated heterocycles. The summed E-state index contributed by atoms with van der Waals surface area (Å²) >= 11 is 1.25. The van der Waals surface area contributed by atoms with Gasteiger partial charge in [-0.3, -0.25) is 19.8 Å². The summed E-state index contributed by atoms with van der Waals surface area (Å²) in [5, 5.41) is 13.2. The molecule has 1 amide bonds. The van der Waals surface area contributed by atoms with Gasteiger partial charge in [0, 0.05) is 24.4 Å². The van der Waals surface area contributed by atoms with E-state index >= 15 is 0 Å². The number of nitrogens with zero attached hydrogens (tertiary/aromatic N) is 3. The van der Waals surface area contributed by atoms with Gasteiger partial charge in [-0.2, -0.15) is 0 Å². The molecule has 3 aromatic rings. The van der Waals surface area contributed by atoms with Gasteiger partial charge < -0.3 is 4.74 Å². The van der Waals surface area contributed by atoms with Crippen LogP contribution in [0.4, 0.5) is 20.9 Å². The van der Waals surface area contributed by atoms with Gasteiger partial charge in [-0.15, -0.1) is 11.3 Å². The van der Waals surface area contributed by atoms with Gasteiger partial charge in [0.1, 0.15) is 12.4 Å². The van der Waals surface area contributed by atoms with E-state index in [9.17, 15) is 19.3 Å². The normalized spacial score (nSPS) is 10.6. The second-order valence-electron chi connectivity index (χ2n) is 6.12. The topological polar surface area (TPSA) is 85.6 Å². The average molecular weight is 415 g/mol. The zero-order valence-corrected chi connectivity index (χ0v) is 16.6. The molecule has 29 heavy (non-hydrogen) atoms. The van der Waals surface area contributed by atoms with Crippen LogP contribution in [0.1, 0.15) is 25.1 Å². The number of hydrogen-bond acceptors (Lipinski definition) is 6. The second kappa shape index (κ2) is 8.78. The predicted octanol–water partition coefficient (Wildman–Crippen LogP) is 5.02. The number of aromatic nitrogens is 1. The second-order valence-corrected chi connectivity index (χ2v) is 6.95. The van der Waals surface area contributed by atoms with Crippen molar-refractivity contribution in [3.05, 3.63) is 75.0 Å². The third-order valence-corrected chi connectivity index (χ3v) is 5.03. The predicted molar refractivity (Wildman–Crippen MR) is 108 cm³/mol. The van der Waals surface area contributed by atoms with Crippen LogP contribution in [0.15, 0.2) is 47.8 Å². The number of rotatable bonds is 7. The highest BCUT2D eigenvalue weighted by Gasteiger charge is 2.21. The molecule has 7 nitrogen and oxygen atoms in total. The first kappa shape index (κ1) is 20.4. The number of thiazole rings is 1. The molecule has 9 heteroatoms. The molecule has 0 fully saturated rings. The molecule has 2 aromatic carbocycles. The van der Waals surface area contributed by atoms with Crippen LogP contribution in [0, 0.1) is 15.9 Å². The fourth-order valence-corrected chi connectivity index (χ4v) is 3.67. The molecular weight excluding hydrogens is 397 g/mol. The Balaban J connectivity index is 1.84. The van der Waals surface area contributed by atoms with Crippen LogP contribution in [0.3, 0.4) is 0 Å². The van der Waals surface area contributed by atoms with Gasteiger partial charge in [-0.05, 0) is 24.1 Å². The molecule has 150 valence electrons. The molecule has 0 aliphatic rings. The summed E-state index contributed by atoms with van der Waals surface area (Å²) in [6.45, 7) is 3.37. The summed E-state index contributed by atoms with van der Waals surface area (Å²) in [6.07, 6.45) is 0.754. The Morgan fingerprint density at radius 2 is 2.07 bits per heavy atom. The zero-order chi connectivity index (χ0) is 21.0. The van der Waals surface area contributed by atoms with Crippen LogP contribution in [-0.4, -0.2) is 15.8 Å². The van der Waals surface area contributed by atoms with Crippen molar-refractivity contribution in [2.75, 3.05) is 4.90 Å². The average Bonchev–Trinajstić information content (AvgIpc) is 3.15. The Labute approximate surface area is 170 Å². The van der Waals surface area contributed by atoms with Gasteiger partial charge in [0.05, 0.1) is 16.3 Å². The van der Waals surface area contributed by atoms with Gasteiger partial charge in [0.15, 0.2) is 10.9 Å². The summed E-state index contributed by atoms with van der Waals surface area (Å²) in [5.74, 6) is -0.999. The summed E-state index contributed by atoms with van der Waals surface area (Å²) in [4.78, 5) is 28.7. The molecule has 1 aromatic heterocycles. The maximum absolute atomic E-state index is 13.4. The van der Waals surface area contributed by atoms with Gasteiger partial charge >= 0.3 is 5.69 Å². The Kier molecular flexibility index (Phi) is 6.18. The fourth-order valence-electron chi connectivity index (χ4n) is 2.81. The van der Waals surface area contributed by atoms with Crippen LogP contribution in [0.2, 0.25) is 0 Å². The highest BCUT2D eigenvalue weighted by Crippen LogP contribution is 2.33. The van der Waals surface area contributed by atoms with Gasteiger partial charge in [0.25, 0.3) is 0 Å². The van der Waals surface area contributed by atoms with Gasteiger partial charge in [-0.1, -0.05) is 25.1 Å². The number of benzene rings is 2. The standard InChI is InChI=1S/C20H18FN3O4S/c1-3-14-6-4-5-7-17(14)23(13(2)25)20-22-16(12-29-20)11-28-19-10-15(21)8-9-18(19)24(26)27/h4-10,12H,3,11H2,1-2H3. The van der Waals surface area contributed by atoms with Crippen molar-refractivity contribution in [2.45, 2.75) is 26.9 Å². The van der Waals surface area contributed by atoms with Crippen LogP contribution in [-0.2, 0) is 17.8 Å². The lowest BCUT2D eigenvalue weighted by atomic mass is 10.1. The minimum atomic E-state index is -0.638. The lowest BCUT2D eigenvalue weighted by molar-refractivity contribution is -0.386. The summed E-state index contributed by atoms with van der Waals surface area (Å²) < 4.78 is 18.9. The third kappa shape index (κ3) is 4.57. The molecule has 0 bridgehead atoms. The van der Waals surface area contributed by atoms with Gasteiger partial charge in [0.2, 0.25) is 5.91 Å². The summed E-state index contributed by atoms with van der Waals surface area (Å²) in [5.41, 5.74) is 1.91. The number of hydrogen-bond donors (Lipinski definition) is 0. The van der Waals surface area contributed by atoms with E-state index in [0.717, 1.165) is 35.9 Å². The van der Waals surface area contributed by atoms with Crippen molar-refractivity contribution in [3.8, 4) is 5.75 Å². The van der Waals surface area contributed by atoms with Crippen molar-refractivity contribution in [1.29, 1.82) is 0 Å². The molecule has 3 rings (SSSR count). The Bertz CT molecular complexity index is 1050. The Morgan fingerprint density at radius 1 is 1.31 bits per heavy atom. The number of nitro groups is 1. The molecular formula is C20H18FN3O4S. The number of para-hydroxylation sites is 1. The molecule has 1 heterocycles. The zero-order valence-electron chi connectivity index (χ0n) is 15.8. The quantitative estimate of drug-likeness (QED) is 0.400. The molecule has 0 saturated carbocycles. The van der Waals surface area contributed by atoms with Crippen molar-refractivity contribution >= 4 is 33.8 Å². The first-order valence-corrected chi connectivity index (χ1v) is 9.68. The van der Waals surface area contributed by atoms with E-state index < -0.39 is 10.7 Å². The number of anilines is 2. The monoisotopic (exact) mass is 415 g/mol. The molecule has 0 aliphatic heterocycles. The van der Waals surface area contributed by atoms with E-state index in [-0.39, 0.29) is 24.0 Å². The van der Waals surface area contributed by atoms with Crippen LogP contribution in [0.5, 0.6) is 5.75 Å². The maximum Gasteiger partial charge on any atom is 0.311 e. The lowest BCUT2D eigenvalue weighted by Crippen LogP contribution is -2.23. The van der Waals surface area contributed by atoms with E-state index in [4.69, 9.17) is 4.74 Å². The van der Waals surface area contributed by atoms with Crippen LogP contribution in [0.25, 0.3) is 0 Å². The number of amides is 1. The number of nitro benzene ring substituents is 1. The van der Waals surface area contributed by atoms with E-state index in [2.05, 4.69) is 4.98 Å². The molecule has 0 atom stereocenters. The first-order chi connectivity index (χ1) is 13.9. The summed E-state index contributed by atoms with van der Waals surface area (Å²) in [6, 6.07) is 10.6. The smallest absolute Gasteiger partial charge is 0.311 e. The Hall–Kier alpha value is -3.33. The maximum atomic E-state index is 13.4. The number of carbonyl (C=O) groups excluding carboxylic acids is 1. The van der Waals surface area contributed by atoms with E-state index in [1.165, 1.54) is 23.2 Å². The molecule has 0 spiro atoms. The van der Waals surface area contributed by atoms with Crippen molar-refractivity contribution in [1.82, 2.24) is 4.98 Å². The van der Waals surface area contributed by atoms with Crippen LogP contribution < -0.4 is 9.64 Å². The van der Waals surface area contributed by atoms with E-state index in [1.807, 2.05) is 31.2 Å². The third-order valence-electron chi connectivity index (χ3n) is 4.15. The first-order valence-electron chi connectivity index (χ1n) is 8.80. The minimum absolute atomic E-state index is 0.0953. The number of ether oxygens (including phenoxy) is 1. The number of aryl methyl sites for hydroxylation is 1. The van der Waals surface area contributed by atoms with E-state index in [0.29, 0.717) is 10.8 Å². The van der Waals surface area contributed by atoms with Gasteiger partial charge in [-0.25, -0.2) is 9.37 Å². The highest BCUT2D eigenvalue weighted by atomic mass is 32.1. The lowest BCUT2D eigenvalue weighted by Gasteiger charge is -2.20. The molecule has 0 N–H and O–H groups in total. The number of halogens is 1.